The second kappa shape index (κ2) is 5.99. The summed E-state index contributed by atoms with van der Waals surface area (Å²) in [6.07, 6.45) is 0. The van der Waals surface area contributed by atoms with Crippen molar-refractivity contribution in [1.82, 2.24) is 4.72 Å². The first-order valence-electron chi connectivity index (χ1n) is 7.00. The van der Waals surface area contributed by atoms with Crippen LogP contribution in [0.2, 0.25) is 0 Å². The van der Waals surface area contributed by atoms with Crippen molar-refractivity contribution in [3.63, 3.8) is 0 Å². The molecule has 0 spiro atoms. The van der Waals surface area contributed by atoms with Crippen LogP contribution in [0.4, 0.5) is 0 Å². The smallest absolute Gasteiger partial charge is 0.335 e. The van der Waals surface area contributed by atoms with Gasteiger partial charge in [-0.15, -0.1) is 11.8 Å². The average Bonchev–Trinajstić information content (AvgIpc) is 2.83. The molecular weight excluding hydrogens is 334 g/mol. The fraction of sp³-hybridized carbons (Fsp3) is 0.188. The number of carboxylic acid groups (broad SMARTS) is 1. The fourth-order valence-corrected chi connectivity index (χ4v) is 5.37. The monoisotopic (exact) mass is 349 g/mol. The Morgan fingerprint density at radius 2 is 1.78 bits per heavy atom. The van der Waals surface area contributed by atoms with E-state index in [-0.39, 0.29) is 21.8 Å². The molecular formula is C16H15NO4S2. The average molecular weight is 349 g/mol. The van der Waals surface area contributed by atoms with Gasteiger partial charge in [0.1, 0.15) is 0 Å². The van der Waals surface area contributed by atoms with Crippen LogP contribution < -0.4 is 4.72 Å². The van der Waals surface area contributed by atoms with Crippen LogP contribution in [0.3, 0.4) is 0 Å². The number of hydrogen-bond acceptors (Lipinski definition) is 4. The van der Waals surface area contributed by atoms with E-state index in [4.69, 9.17) is 5.11 Å². The number of aromatic carboxylic acids is 1. The highest BCUT2D eigenvalue weighted by Gasteiger charge is 2.33. The quantitative estimate of drug-likeness (QED) is 0.887. The Morgan fingerprint density at radius 3 is 2.39 bits per heavy atom. The molecule has 2 unspecified atom stereocenters. The molecule has 1 aliphatic heterocycles. The number of thioether (sulfide) groups is 1. The van der Waals surface area contributed by atoms with E-state index >= 15 is 0 Å². The Bertz CT molecular complexity index is 847. The summed E-state index contributed by atoms with van der Waals surface area (Å²) in [5.74, 6) is -1.03. The topological polar surface area (TPSA) is 83.5 Å². The summed E-state index contributed by atoms with van der Waals surface area (Å²) in [6.45, 7) is 1.99. The maximum Gasteiger partial charge on any atom is 0.335 e. The van der Waals surface area contributed by atoms with Crippen molar-refractivity contribution in [2.24, 2.45) is 0 Å². The van der Waals surface area contributed by atoms with E-state index in [1.54, 1.807) is 0 Å². The zero-order chi connectivity index (χ0) is 16.6. The van der Waals surface area contributed by atoms with Crippen molar-refractivity contribution in [2.75, 3.05) is 0 Å². The third-order valence-corrected chi connectivity index (χ3v) is 6.81. The number of nitrogens with one attached hydrogen (secondary N) is 1. The first-order chi connectivity index (χ1) is 10.9. The Morgan fingerprint density at radius 1 is 1.13 bits per heavy atom. The van der Waals surface area contributed by atoms with Gasteiger partial charge in [0.05, 0.1) is 15.8 Å². The Kier molecular flexibility index (Phi) is 4.18. The first kappa shape index (κ1) is 16.0. The SMILES string of the molecule is CC1c2ccccc2SC1NS(=O)(=O)c1ccc(C(=O)O)cc1. The molecule has 23 heavy (non-hydrogen) atoms. The van der Waals surface area contributed by atoms with Gasteiger partial charge in [0.2, 0.25) is 10.0 Å². The molecule has 2 aromatic rings. The van der Waals surface area contributed by atoms with Gasteiger partial charge in [-0.2, -0.15) is 4.72 Å². The van der Waals surface area contributed by atoms with Crippen molar-refractivity contribution in [3.8, 4) is 0 Å². The van der Waals surface area contributed by atoms with Crippen molar-refractivity contribution in [1.29, 1.82) is 0 Å². The van der Waals surface area contributed by atoms with Crippen LogP contribution in [0.25, 0.3) is 0 Å². The predicted molar refractivity (Wildman–Crippen MR) is 88.2 cm³/mol. The number of fused-ring (bicyclic) bond motifs is 1. The normalized spacial score (nSPS) is 20.2. The van der Waals surface area contributed by atoms with Gasteiger partial charge in [0.15, 0.2) is 0 Å². The molecule has 2 aromatic carbocycles. The molecule has 1 heterocycles. The van der Waals surface area contributed by atoms with E-state index in [0.717, 1.165) is 10.5 Å². The lowest BCUT2D eigenvalue weighted by Crippen LogP contribution is -2.33. The third kappa shape index (κ3) is 3.12. The molecule has 7 heteroatoms. The lowest BCUT2D eigenvalue weighted by Gasteiger charge is -2.17. The first-order valence-corrected chi connectivity index (χ1v) is 9.36. The second-order valence-corrected chi connectivity index (χ2v) is 8.21. The minimum Gasteiger partial charge on any atom is -0.478 e. The van der Waals surface area contributed by atoms with E-state index in [0.29, 0.717) is 0 Å². The summed E-state index contributed by atoms with van der Waals surface area (Å²) in [6, 6.07) is 13.0. The zero-order valence-electron chi connectivity index (χ0n) is 12.3. The van der Waals surface area contributed by atoms with Crippen LogP contribution in [0.5, 0.6) is 0 Å². The van der Waals surface area contributed by atoms with E-state index in [2.05, 4.69) is 4.72 Å². The van der Waals surface area contributed by atoms with Gasteiger partial charge < -0.3 is 5.11 Å². The van der Waals surface area contributed by atoms with Gasteiger partial charge >= 0.3 is 5.97 Å². The summed E-state index contributed by atoms with van der Waals surface area (Å²) < 4.78 is 27.7. The molecule has 1 aliphatic rings. The zero-order valence-corrected chi connectivity index (χ0v) is 13.9. The van der Waals surface area contributed by atoms with Crippen molar-refractivity contribution >= 4 is 27.8 Å². The van der Waals surface area contributed by atoms with Crippen LogP contribution in [0, 0.1) is 0 Å². The molecule has 0 aliphatic carbocycles. The maximum atomic E-state index is 12.5. The molecule has 0 saturated heterocycles. The summed E-state index contributed by atoms with van der Waals surface area (Å²) >= 11 is 1.49. The van der Waals surface area contributed by atoms with Crippen LogP contribution in [-0.4, -0.2) is 24.9 Å². The Hall–Kier alpha value is -1.83. The lowest BCUT2D eigenvalue weighted by atomic mass is 10.0. The molecule has 0 amide bonds. The summed E-state index contributed by atoms with van der Waals surface area (Å²) in [5.41, 5.74) is 1.19. The fourth-order valence-electron chi connectivity index (χ4n) is 2.49. The maximum absolute atomic E-state index is 12.5. The van der Waals surface area contributed by atoms with Gasteiger partial charge in [-0.05, 0) is 35.9 Å². The van der Waals surface area contributed by atoms with E-state index in [1.165, 1.54) is 36.0 Å². The van der Waals surface area contributed by atoms with Crippen LogP contribution in [0.15, 0.2) is 58.3 Å². The summed E-state index contributed by atoms with van der Waals surface area (Å²) in [4.78, 5) is 12.0. The summed E-state index contributed by atoms with van der Waals surface area (Å²) in [5, 5.41) is 8.59. The van der Waals surface area contributed by atoms with Crippen molar-refractivity contribution in [3.05, 3.63) is 59.7 Å². The standard InChI is InChI=1S/C16H15NO4S2/c1-10-13-4-2-3-5-14(13)22-15(10)17-23(20,21)12-8-6-11(7-9-12)16(18)19/h2-10,15,17H,1H3,(H,18,19). The van der Waals surface area contributed by atoms with Gasteiger partial charge in [-0.3, -0.25) is 0 Å². The number of carbonyl (C=O) groups is 1. The largest absolute Gasteiger partial charge is 0.478 e. The van der Waals surface area contributed by atoms with Crippen molar-refractivity contribution < 1.29 is 18.3 Å². The van der Waals surface area contributed by atoms with Crippen LogP contribution >= 0.6 is 11.8 Å². The minimum atomic E-state index is -3.70. The predicted octanol–water partition coefficient (Wildman–Crippen LogP) is 2.90. The summed E-state index contributed by atoms with van der Waals surface area (Å²) in [7, 11) is -3.70. The Labute approximate surface area is 138 Å². The van der Waals surface area contributed by atoms with Gasteiger partial charge in [-0.1, -0.05) is 25.1 Å². The molecule has 5 nitrogen and oxygen atoms in total. The molecule has 0 radical (unpaired) electrons. The van der Waals surface area contributed by atoms with Crippen molar-refractivity contribution in [2.45, 2.75) is 28.0 Å². The molecule has 0 saturated carbocycles. The minimum absolute atomic E-state index is 0.0555. The van der Waals surface area contributed by atoms with E-state index < -0.39 is 16.0 Å². The molecule has 3 rings (SSSR count). The molecule has 0 fully saturated rings. The Balaban J connectivity index is 1.81. The molecule has 0 aromatic heterocycles. The number of rotatable bonds is 4. The van der Waals surface area contributed by atoms with Crippen LogP contribution in [-0.2, 0) is 10.0 Å². The highest BCUT2D eigenvalue weighted by molar-refractivity contribution is 8.01. The second-order valence-electron chi connectivity index (χ2n) is 5.32. The molecule has 2 atom stereocenters. The third-order valence-electron chi connectivity index (χ3n) is 3.80. The van der Waals surface area contributed by atoms with E-state index in [1.807, 2.05) is 31.2 Å². The van der Waals surface area contributed by atoms with E-state index in [9.17, 15) is 13.2 Å². The molecule has 0 bridgehead atoms. The molecule has 120 valence electrons. The highest BCUT2D eigenvalue weighted by Crippen LogP contribution is 2.44. The van der Waals surface area contributed by atoms with Crippen LogP contribution in [0.1, 0.15) is 28.8 Å². The van der Waals surface area contributed by atoms with Gasteiger partial charge in [0.25, 0.3) is 0 Å². The number of benzene rings is 2. The lowest BCUT2D eigenvalue weighted by molar-refractivity contribution is 0.0696. The number of carboxylic acids is 1. The van der Waals surface area contributed by atoms with Gasteiger partial charge in [0, 0.05) is 10.8 Å². The number of sulfonamides is 1. The van der Waals surface area contributed by atoms with Gasteiger partial charge in [-0.25, -0.2) is 13.2 Å². The number of hydrogen-bond donors (Lipinski definition) is 2. The highest BCUT2D eigenvalue weighted by atomic mass is 32.2. The molecule has 2 N–H and O–H groups in total.